The van der Waals surface area contributed by atoms with E-state index >= 15 is 0 Å². The van der Waals surface area contributed by atoms with Crippen molar-refractivity contribution in [3.05, 3.63) is 23.3 Å². The molecule has 0 aromatic carbocycles. The third kappa shape index (κ3) is 2.53. The third-order valence-corrected chi connectivity index (χ3v) is 8.35. The zero-order valence-electron chi connectivity index (χ0n) is 16.6. The first-order valence-electron chi connectivity index (χ1n) is 10.3. The highest BCUT2D eigenvalue weighted by molar-refractivity contribution is 5.79. The van der Waals surface area contributed by atoms with Gasteiger partial charge in [0, 0.05) is 19.3 Å². The molecule has 0 spiro atoms. The Hall–Kier alpha value is -1.38. The molecular weight excluding hydrogens is 324 g/mol. The van der Waals surface area contributed by atoms with Crippen molar-refractivity contribution in [3.63, 3.8) is 0 Å². The van der Waals surface area contributed by atoms with Gasteiger partial charge in [-0.3, -0.25) is 9.59 Å². The molecule has 3 nitrogen and oxygen atoms in total. The molecular formula is C23H32O3. The molecule has 4 aliphatic rings. The summed E-state index contributed by atoms with van der Waals surface area (Å²) in [7, 11) is 0. The van der Waals surface area contributed by atoms with E-state index in [9.17, 15) is 9.59 Å². The summed E-state index contributed by atoms with van der Waals surface area (Å²) >= 11 is 0. The van der Waals surface area contributed by atoms with Crippen LogP contribution in [0.2, 0.25) is 0 Å². The highest BCUT2D eigenvalue weighted by Crippen LogP contribution is 2.65. The molecule has 4 aliphatic carbocycles. The Morgan fingerprint density at radius 1 is 1.00 bits per heavy atom. The van der Waals surface area contributed by atoms with Crippen LogP contribution in [0, 0.1) is 28.6 Å². The summed E-state index contributed by atoms with van der Waals surface area (Å²) in [6, 6.07) is 0. The number of ether oxygens (including phenoxy) is 1. The molecule has 0 saturated heterocycles. The average molecular weight is 357 g/mol. The molecule has 142 valence electrons. The fraction of sp³-hybridized carbons (Fsp3) is 0.739. The number of Topliss-reactive ketones (excluding diaryl/α,β-unsaturated/α-hetero) is 1. The Labute approximate surface area is 157 Å². The van der Waals surface area contributed by atoms with E-state index in [0.717, 1.165) is 25.7 Å². The van der Waals surface area contributed by atoms with E-state index in [1.54, 1.807) is 12.5 Å². The van der Waals surface area contributed by atoms with Crippen LogP contribution in [-0.2, 0) is 14.3 Å². The van der Waals surface area contributed by atoms with Gasteiger partial charge in [0.25, 0.3) is 0 Å². The first kappa shape index (κ1) is 18.0. The van der Waals surface area contributed by atoms with Gasteiger partial charge in [0.1, 0.15) is 11.9 Å². The van der Waals surface area contributed by atoms with Crippen molar-refractivity contribution in [1.29, 1.82) is 0 Å². The lowest BCUT2D eigenvalue weighted by molar-refractivity contribution is -0.148. The molecule has 0 aromatic heterocycles. The first-order valence-corrected chi connectivity index (χ1v) is 10.3. The zero-order valence-corrected chi connectivity index (χ0v) is 16.6. The van der Waals surface area contributed by atoms with E-state index in [1.165, 1.54) is 31.8 Å². The standard InChI is InChI=1S/C23H32O3/c1-14(24)19-7-8-20-18-6-5-16-13-17(26-15(2)25)9-11-22(16,3)21(18)10-12-23(19,20)4/h5-6,17,19-21H,7-13H2,1-4H3/t17-,19+,20-,21-,22-,23+/m0/s1. The van der Waals surface area contributed by atoms with Gasteiger partial charge in [-0.05, 0) is 68.1 Å². The molecule has 6 atom stereocenters. The summed E-state index contributed by atoms with van der Waals surface area (Å²) in [6.45, 7) is 8.09. The topological polar surface area (TPSA) is 43.4 Å². The van der Waals surface area contributed by atoms with E-state index in [-0.39, 0.29) is 28.8 Å². The Bertz CT molecular complexity index is 702. The van der Waals surface area contributed by atoms with Crippen LogP contribution in [0.15, 0.2) is 23.3 Å². The van der Waals surface area contributed by atoms with Gasteiger partial charge in [-0.25, -0.2) is 0 Å². The number of fused-ring (bicyclic) bond motifs is 5. The summed E-state index contributed by atoms with van der Waals surface area (Å²) in [5.41, 5.74) is 3.44. The highest BCUT2D eigenvalue weighted by Gasteiger charge is 2.57. The highest BCUT2D eigenvalue weighted by atomic mass is 16.5. The lowest BCUT2D eigenvalue weighted by Crippen LogP contribution is -2.46. The predicted molar refractivity (Wildman–Crippen MR) is 101 cm³/mol. The zero-order chi connectivity index (χ0) is 18.7. The van der Waals surface area contributed by atoms with Gasteiger partial charge in [0.15, 0.2) is 0 Å². The van der Waals surface area contributed by atoms with Gasteiger partial charge in [-0.1, -0.05) is 37.1 Å². The SMILES string of the molecule is CC(=O)O[C@H]1CC[C@@]2(C)C(=CC=C3[C@@H]4CC[C@H](C(C)=O)[C@@]4(C)CC[C@@H]32)C1. The number of allylic oxidation sites excluding steroid dienone is 3. The Kier molecular flexibility index (Phi) is 4.20. The molecule has 3 saturated carbocycles. The first-order chi connectivity index (χ1) is 12.3. The van der Waals surface area contributed by atoms with Gasteiger partial charge in [0.05, 0.1) is 0 Å². The average Bonchev–Trinajstić information content (AvgIpc) is 2.92. The molecule has 0 N–H and O–H groups in total. The van der Waals surface area contributed by atoms with E-state index in [1.807, 2.05) is 0 Å². The third-order valence-electron chi connectivity index (χ3n) is 8.35. The van der Waals surface area contributed by atoms with Gasteiger partial charge < -0.3 is 4.74 Å². The van der Waals surface area contributed by atoms with Gasteiger partial charge >= 0.3 is 5.97 Å². The summed E-state index contributed by atoms with van der Waals surface area (Å²) in [5, 5.41) is 0. The molecule has 3 heteroatoms. The van der Waals surface area contributed by atoms with Crippen LogP contribution in [0.25, 0.3) is 0 Å². The lowest BCUT2D eigenvalue weighted by atomic mass is 9.50. The van der Waals surface area contributed by atoms with E-state index in [4.69, 9.17) is 4.74 Å². The Morgan fingerprint density at radius 2 is 1.77 bits per heavy atom. The summed E-state index contributed by atoms with van der Waals surface area (Å²) in [5.74, 6) is 1.63. The minimum absolute atomic E-state index is 0.0456. The van der Waals surface area contributed by atoms with E-state index < -0.39 is 0 Å². The van der Waals surface area contributed by atoms with Crippen molar-refractivity contribution < 1.29 is 14.3 Å². The van der Waals surface area contributed by atoms with E-state index in [2.05, 4.69) is 26.0 Å². The van der Waals surface area contributed by atoms with Crippen molar-refractivity contribution >= 4 is 11.8 Å². The minimum Gasteiger partial charge on any atom is -0.462 e. The van der Waals surface area contributed by atoms with Gasteiger partial charge in [-0.2, -0.15) is 0 Å². The molecule has 0 radical (unpaired) electrons. The number of carbonyl (C=O) groups is 2. The number of carbonyl (C=O) groups excluding carboxylic acids is 2. The number of esters is 1. The molecule has 0 bridgehead atoms. The van der Waals surface area contributed by atoms with Crippen LogP contribution in [0.5, 0.6) is 0 Å². The molecule has 0 aliphatic heterocycles. The Balaban J connectivity index is 1.64. The summed E-state index contributed by atoms with van der Waals surface area (Å²) < 4.78 is 5.51. The number of rotatable bonds is 2. The largest absolute Gasteiger partial charge is 0.462 e. The van der Waals surface area contributed by atoms with Gasteiger partial charge in [-0.15, -0.1) is 0 Å². The number of hydrogen-bond donors (Lipinski definition) is 0. The molecule has 4 rings (SSSR count). The van der Waals surface area contributed by atoms with Crippen molar-refractivity contribution in [3.8, 4) is 0 Å². The van der Waals surface area contributed by atoms with Crippen LogP contribution in [0.3, 0.4) is 0 Å². The molecule has 0 amide bonds. The van der Waals surface area contributed by atoms with E-state index in [0.29, 0.717) is 17.6 Å². The second kappa shape index (κ2) is 6.07. The molecule has 26 heavy (non-hydrogen) atoms. The van der Waals surface area contributed by atoms with Crippen molar-refractivity contribution in [2.75, 3.05) is 0 Å². The second-order valence-corrected chi connectivity index (χ2v) is 9.64. The van der Waals surface area contributed by atoms with Crippen LogP contribution in [0.4, 0.5) is 0 Å². The van der Waals surface area contributed by atoms with Crippen LogP contribution in [0.1, 0.15) is 72.6 Å². The lowest BCUT2D eigenvalue weighted by Gasteiger charge is -2.54. The summed E-state index contributed by atoms with van der Waals surface area (Å²) in [4.78, 5) is 23.6. The molecule has 0 aromatic rings. The minimum atomic E-state index is -0.166. The maximum atomic E-state index is 12.2. The monoisotopic (exact) mass is 356 g/mol. The normalized spacial score (nSPS) is 44.2. The fourth-order valence-electron chi connectivity index (χ4n) is 6.97. The Morgan fingerprint density at radius 3 is 2.46 bits per heavy atom. The predicted octanol–water partition coefficient (Wildman–Crippen LogP) is 5.01. The quantitative estimate of drug-likeness (QED) is 0.654. The second-order valence-electron chi connectivity index (χ2n) is 9.64. The van der Waals surface area contributed by atoms with Gasteiger partial charge in [0.2, 0.25) is 0 Å². The van der Waals surface area contributed by atoms with Crippen LogP contribution >= 0.6 is 0 Å². The molecule has 3 fully saturated rings. The maximum Gasteiger partial charge on any atom is 0.302 e. The number of hydrogen-bond acceptors (Lipinski definition) is 3. The molecule has 0 unspecified atom stereocenters. The number of ketones is 1. The maximum absolute atomic E-state index is 12.2. The van der Waals surface area contributed by atoms with Crippen molar-refractivity contribution in [2.45, 2.75) is 78.7 Å². The smallest absolute Gasteiger partial charge is 0.302 e. The molecule has 0 heterocycles. The van der Waals surface area contributed by atoms with Crippen molar-refractivity contribution in [2.24, 2.45) is 28.6 Å². The fourth-order valence-corrected chi connectivity index (χ4v) is 6.97. The van der Waals surface area contributed by atoms with Crippen LogP contribution < -0.4 is 0 Å². The summed E-state index contributed by atoms with van der Waals surface area (Å²) in [6.07, 6.45) is 12.3. The van der Waals surface area contributed by atoms with Crippen molar-refractivity contribution in [1.82, 2.24) is 0 Å². The van der Waals surface area contributed by atoms with Crippen LogP contribution in [-0.4, -0.2) is 17.9 Å².